The maximum Gasteiger partial charge on any atom is 0.317 e. The van der Waals surface area contributed by atoms with Crippen molar-refractivity contribution in [3.05, 3.63) is 35.6 Å². The Morgan fingerprint density at radius 3 is 2.80 bits per heavy atom. The maximum atomic E-state index is 13.2. The van der Waals surface area contributed by atoms with E-state index in [0.29, 0.717) is 38.0 Å². The number of nitrogens with zero attached hydrogens (tertiary/aromatic N) is 2. The molecule has 0 bridgehead atoms. The first-order valence-corrected chi connectivity index (χ1v) is 10.3. The summed E-state index contributed by atoms with van der Waals surface area (Å²) in [6, 6.07) is 5.84. The highest BCUT2D eigenvalue weighted by molar-refractivity contribution is 7.92. The van der Waals surface area contributed by atoms with Gasteiger partial charge in [0.15, 0.2) is 9.84 Å². The number of urea groups is 1. The van der Waals surface area contributed by atoms with Gasteiger partial charge in [-0.2, -0.15) is 0 Å². The summed E-state index contributed by atoms with van der Waals surface area (Å²) in [5, 5.41) is 2.40. The number of hydrogen-bond donors (Lipinski definition) is 1. The van der Waals surface area contributed by atoms with Crippen LogP contribution in [0, 0.1) is 5.82 Å². The van der Waals surface area contributed by atoms with Crippen molar-refractivity contribution < 1.29 is 17.6 Å². The summed E-state index contributed by atoms with van der Waals surface area (Å²) in [6.07, 6.45) is 1.11. The third kappa shape index (κ3) is 4.12. The Kier molecular flexibility index (Phi) is 5.29. The minimum Gasteiger partial charge on any atom is -0.334 e. The van der Waals surface area contributed by atoms with Gasteiger partial charge < -0.3 is 15.1 Å². The molecule has 138 valence electrons. The number of sulfone groups is 1. The number of hydrogen-bond acceptors (Lipinski definition) is 4. The number of fused-ring (bicyclic) bond motifs is 1. The monoisotopic (exact) mass is 369 g/mol. The minimum absolute atomic E-state index is 0.0280. The lowest BCUT2D eigenvalue weighted by Crippen LogP contribution is -2.52. The molecule has 0 spiro atoms. The van der Waals surface area contributed by atoms with Crippen molar-refractivity contribution in [3.63, 3.8) is 0 Å². The van der Waals surface area contributed by atoms with E-state index in [1.165, 1.54) is 12.1 Å². The molecule has 6 nitrogen and oxygen atoms in total. The van der Waals surface area contributed by atoms with E-state index >= 15 is 0 Å². The summed E-state index contributed by atoms with van der Waals surface area (Å²) in [4.78, 5) is 16.2. The molecule has 2 aliphatic heterocycles. The maximum absolute atomic E-state index is 13.2. The second-order valence-electron chi connectivity index (χ2n) is 6.81. The van der Waals surface area contributed by atoms with Crippen molar-refractivity contribution in [2.45, 2.75) is 30.7 Å². The fourth-order valence-corrected chi connectivity index (χ4v) is 5.84. The standard InChI is InChI=1S/C17H24FN3O3S/c1-20-9-10-25(23,24)16-6-8-21(7-5-15(16)20)17(22)19-12-13-3-2-4-14(18)11-13/h2-4,11,15-16H,5-10,12H2,1H3,(H,19,22)/t15-,16+/m0/s1. The van der Waals surface area contributed by atoms with E-state index in [-0.39, 0.29) is 30.2 Å². The Morgan fingerprint density at radius 2 is 2.04 bits per heavy atom. The van der Waals surface area contributed by atoms with Gasteiger partial charge in [-0.15, -0.1) is 0 Å². The molecular formula is C17H24FN3O3S. The molecule has 0 unspecified atom stereocenters. The molecule has 8 heteroatoms. The van der Waals surface area contributed by atoms with E-state index in [4.69, 9.17) is 0 Å². The highest BCUT2D eigenvalue weighted by Crippen LogP contribution is 2.27. The van der Waals surface area contributed by atoms with Crippen LogP contribution in [0.2, 0.25) is 0 Å². The van der Waals surface area contributed by atoms with Crippen molar-refractivity contribution in [2.24, 2.45) is 0 Å². The largest absolute Gasteiger partial charge is 0.334 e. The number of amides is 2. The summed E-state index contributed by atoms with van der Waals surface area (Å²) in [5.74, 6) is -0.143. The molecule has 2 atom stereocenters. The third-order valence-corrected chi connectivity index (χ3v) is 7.41. The number of rotatable bonds is 2. The highest BCUT2D eigenvalue weighted by atomic mass is 32.2. The number of carbonyl (C=O) groups excluding carboxylic acids is 1. The van der Waals surface area contributed by atoms with Crippen molar-refractivity contribution >= 4 is 15.9 Å². The van der Waals surface area contributed by atoms with Gasteiger partial charge in [0.25, 0.3) is 0 Å². The van der Waals surface area contributed by atoms with Gasteiger partial charge in [0.1, 0.15) is 5.82 Å². The zero-order valence-electron chi connectivity index (χ0n) is 14.3. The van der Waals surface area contributed by atoms with Gasteiger partial charge in [-0.1, -0.05) is 12.1 Å². The van der Waals surface area contributed by atoms with Gasteiger partial charge in [-0.25, -0.2) is 17.6 Å². The molecule has 0 aliphatic carbocycles. The van der Waals surface area contributed by atoms with Crippen molar-refractivity contribution in [1.82, 2.24) is 15.1 Å². The molecule has 2 heterocycles. The second kappa shape index (κ2) is 7.29. The fourth-order valence-electron chi connectivity index (χ4n) is 3.71. The lowest BCUT2D eigenvalue weighted by atomic mass is 10.1. The summed E-state index contributed by atoms with van der Waals surface area (Å²) >= 11 is 0. The Balaban J connectivity index is 1.61. The van der Waals surface area contributed by atoms with E-state index in [2.05, 4.69) is 10.2 Å². The van der Waals surface area contributed by atoms with Gasteiger partial charge in [-0.05, 0) is 37.6 Å². The number of benzene rings is 1. The van der Waals surface area contributed by atoms with Crippen LogP contribution in [-0.2, 0) is 16.4 Å². The van der Waals surface area contributed by atoms with Crippen molar-refractivity contribution in [1.29, 1.82) is 0 Å². The smallest absolute Gasteiger partial charge is 0.317 e. The SMILES string of the molecule is CN1CCS(=O)(=O)[C@@H]2CCN(C(=O)NCc3cccc(F)c3)CC[C@@H]21. The molecule has 1 aromatic carbocycles. The predicted molar refractivity (Wildman–Crippen MR) is 93.4 cm³/mol. The Bertz CT molecular complexity index is 740. The molecule has 0 saturated carbocycles. The first-order chi connectivity index (χ1) is 11.9. The lowest BCUT2D eigenvalue weighted by molar-refractivity contribution is 0.194. The number of nitrogens with one attached hydrogen (secondary N) is 1. The summed E-state index contributed by atoms with van der Waals surface area (Å²) < 4.78 is 37.9. The second-order valence-corrected chi connectivity index (χ2v) is 9.15. The Morgan fingerprint density at radius 1 is 1.28 bits per heavy atom. The zero-order chi connectivity index (χ0) is 18.0. The van der Waals surface area contributed by atoms with Crippen LogP contribution >= 0.6 is 0 Å². The number of halogens is 1. The molecule has 0 aromatic heterocycles. The predicted octanol–water partition coefficient (Wildman–Crippen LogP) is 1.23. The van der Waals surface area contributed by atoms with Crippen LogP contribution in [0.25, 0.3) is 0 Å². The summed E-state index contributed by atoms with van der Waals surface area (Å²) in [6.45, 7) is 1.74. The van der Waals surface area contributed by atoms with Gasteiger partial charge in [0.05, 0.1) is 11.0 Å². The van der Waals surface area contributed by atoms with E-state index in [1.807, 2.05) is 7.05 Å². The Hall–Kier alpha value is -1.67. The molecule has 25 heavy (non-hydrogen) atoms. The molecule has 2 amide bonds. The average Bonchev–Trinajstić information content (AvgIpc) is 2.81. The minimum atomic E-state index is -3.09. The molecule has 2 fully saturated rings. The van der Waals surface area contributed by atoms with E-state index in [1.54, 1.807) is 17.0 Å². The van der Waals surface area contributed by atoms with Crippen LogP contribution in [0.5, 0.6) is 0 Å². The summed E-state index contributed by atoms with van der Waals surface area (Å²) in [7, 11) is -1.14. The van der Waals surface area contributed by atoms with Crippen molar-refractivity contribution in [2.75, 3.05) is 32.4 Å². The van der Waals surface area contributed by atoms with Crippen molar-refractivity contribution in [3.8, 4) is 0 Å². The topological polar surface area (TPSA) is 69.7 Å². The first-order valence-electron chi connectivity index (χ1n) is 8.56. The number of likely N-dealkylation sites (tertiary alicyclic amines) is 1. The van der Waals surface area contributed by atoms with Gasteiger partial charge in [0.2, 0.25) is 0 Å². The van der Waals surface area contributed by atoms with Crippen LogP contribution in [0.4, 0.5) is 9.18 Å². The molecule has 1 N–H and O–H groups in total. The average molecular weight is 369 g/mol. The zero-order valence-corrected chi connectivity index (χ0v) is 15.1. The highest BCUT2D eigenvalue weighted by Gasteiger charge is 2.41. The van der Waals surface area contributed by atoms with E-state index in [0.717, 1.165) is 0 Å². The van der Waals surface area contributed by atoms with Crippen LogP contribution in [0.1, 0.15) is 18.4 Å². The molecule has 2 saturated heterocycles. The Labute approximate surface area is 147 Å². The van der Waals surface area contributed by atoms with E-state index in [9.17, 15) is 17.6 Å². The molecule has 0 radical (unpaired) electrons. The quantitative estimate of drug-likeness (QED) is 0.851. The lowest BCUT2D eigenvalue weighted by Gasteiger charge is -2.37. The van der Waals surface area contributed by atoms with Crippen LogP contribution in [0.15, 0.2) is 24.3 Å². The van der Waals surface area contributed by atoms with Crippen LogP contribution in [0.3, 0.4) is 0 Å². The summed E-state index contributed by atoms with van der Waals surface area (Å²) in [5.41, 5.74) is 0.694. The van der Waals surface area contributed by atoms with Gasteiger partial charge in [-0.3, -0.25) is 0 Å². The van der Waals surface area contributed by atoms with Gasteiger partial charge >= 0.3 is 6.03 Å². The normalized spacial score (nSPS) is 26.6. The first kappa shape index (κ1) is 18.1. The number of carbonyl (C=O) groups is 1. The van der Waals surface area contributed by atoms with Gasteiger partial charge in [0, 0.05) is 32.2 Å². The van der Waals surface area contributed by atoms with E-state index < -0.39 is 15.1 Å². The molecular weight excluding hydrogens is 345 g/mol. The molecule has 1 aromatic rings. The fraction of sp³-hybridized carbons (Fsp3) is 0.588. The third-order valence-electron chi connectivity index (χ3n) is 5.18. The molecule has 3 rings (SSSR count). The molecule has 2 aliphatic rings. The van der Waals surface area contributed by atoms with Crippen LogP contribution < -0.4 is 5.32 Å². The van der Waals surface area contributed by atoms with Crippen LogP contribution in [-0.4, -0.2) is 68.0 Å².